The van der Waals surface area contributed by atoms with E-state index < -0.39 is 97.5 Å². The summed E-state index contributed by atoms with van der Waals surface area (Å²) in [4.78, 5) is 72.8. The molecule has 0 amide bonds. The van der Waals surface area contributed by atoms with Crippen molar-refractivity contribution in [1.29, 1.82) is 0 Å². The molecule has 0 aromatic heterocycles. The standard InChI is InChI=1S/C83H132O17P2/c1-5-9-13-17-21-25-29-32-35-37-38-40-42-45-49-52-56-60-64-68-81(86)94-74-79(100-83(88)70-66-62-58-54-50-46-43-39-36-33-30-26-22-18-14-10-6-2)76-98-102(91,92)96-72-77(84)71-95-101(89,90)97-75-78(99-82(87)69-65-61-57-53-47-28-24-20-16-12-8-4)73-93-80(85)67-63-59-55-51-48-44-41-34-31-27-23-19-15-11-7-3/h9-11,13-15,20-27,32-36,38,40-41,43,46,48,51,54,58-59,63,77-79,84H,5-8,12,16-19,28-31,37,39,42,44-45,47,49-50,52-53,55-57,60-62,64-76H2,1-4H3,(H,89,90)(H,91,92)/b13-9-,14-10-,15-11-,24-20-,25-21-,26-22-,27-23-,35-32-,36-33-,40-38-,41-34-,46-43-,51-48-,58-54-,63-59-. The van der Waals surface area contributed by atoms with Gasteiger partial charge in [-0.1, -0.05) is 268 Å². The number of aliphatic hydroxyl groups is 1. The van der Waals surface area contributed by atoms with Crippen molar-refractivity contribution in [2.45, 2.75) is 277 Å². The summed E-state index contributed by atoms with van der Waals surface area (Å²) in [5.74, 6) is -2.44. The van der Waals surface area contributed by atoms with Gasteiger partial charge in [-0.15, -0.1) is 0 Å². The van der Waals surface area contributed by atoms with Gasteiger partial charge in [-0.05, 0) is 148 Å². The van der Waals surface area contributed by atoms with Crippen LogP contribution >= 0.6 is 15.6 Å². The van der Waals surface area contributed by atoms with Gasteiger partial charge in [0.25, 0.3) is 0 Å². The second-order valence-corrected chi connectivity index (χ2v) is 27.4. The summed E-state index contributed by atoms with van der Waals surface area (Å²) in [5, 5.41) is 10.6. The molecule has 102 heavy (non-hydrogen) atoms. The summed E-state index contributed by atoms with van der Waals surface area (Å²) in [5.41, 5.74) is 0. The molecule has 5 unspecified atom stereocenters. The highest BCUT2D eigenvalue weighted by Crippen LogP contribution is 2.45. The summed E-state index contributed by atoms with van der Waals surface area (Å²) in [6, 6.07) is 0. The molecule has 0 aromatic rings. The quantitative estimate of drug-likeness (QED) is 0.0169. The predicted octanol–water partition coefficient (Wildman–Crippen LogP) is 22.0. The molecule has 0 aliphatic carbocycles. The van der Waals surface area contributed by atoms with Gasteiger partial charge in [-0.3, -0.25) is 37.3 Å². The Labute approximate surface area is 615 Å². The number of esters is 4. The van der Waals surface area contributed by atoms with Crippen LogP contribution in [0.15, 0.2) is 182 Å². The van der Waals surface area contributed by atoms with Crippen LogP contribution < -0.4 is 0 Å². The van der Waals surface area contributed by atoms with E-state index in [-0.39, 0.29) is 25.7 Å². The number of allylic oxidation sites excluding steroid dienone is 29. The van der Waals surface area contributed by atoms with E-state index >= 15 is 0 Å². The fourth-order valence-electron chi connectivity index (χ4n) is 9.18. The summed E-state index contributed by atoms with van der Waals surface area (Å²) in [6.07, 6.45) is 87.9. The van der Waals surface area contributed by atoms with E-state index in [0.717, 1.165) is 167 Å². The Hall–Kier alpha value is -5.84. The van der Waals surface area contributed by atoms with Gasteiger partial charge < -0.3 is 33.8 Å². The van der Waals surface area contributed by atoms with Crippen LogP contribution in [0.25, 0.3) is 0 Å². The summed E-state index contributed by atoms with van der Waals surface area (Å²) in [7, 11) is -10.0. The van der Waals surface area contributed by atoms with Gasteiger partial charge in [0, 0.05) is 19.3 Å². The first kappa shape index (κ1) is 96.2. The average molecular weight is 1460 g/mol. The Morgan fingerprint density at radius 2 is 0.559 bits per heavy atom. The number of aliphatic hydroxyl groups excluding tert-OH is 1. The lowest BCUT2D eigenvalue weighted by Crippen LogP contribution is -2.30. The maximum Gasteiger partial charge on any atom is 0.472 e. The van der Waals surface area contributed by atoms with Crippen molar-refractivity contribution in [3.63, 3.8) is 0 Å². The number of carbonyl (C=O) groups excluding carboxylic acids is 4. The molecule has 576 valence electrons. The Bertz CT molecular complexity index is 2650. The van der Waals surface area contributed by atoms with Gasteiger partial charge >= 0.3 is 39.5 Å². The van der Waals surface area contributed by atoms with E-state index in [4.69, 9.17) is 37.0 Å². The van der Waals surface area contributed by atoms with Gasteiger partial charge in [0.05, 0.1) is 32.8 Å². The number of phosphoric ester groups is 2. The zero-order valence-electron chi connectivity index (χ0n) is 62.7. The smallest absolute Gasteiger partial charge is 0.462 e. The van der Waals surface area contributed by atoms with Crippen LogP contribution in [0.5, 0.6) is 0 Å². The Balaban J connectivity index is 5.48. The zero-order valence-corrected chi connectivity index (χ0v) is 64.5. The molecule has 5 atom stereocenters. The van der Waals surface area contributed by atoms with E-state index in [1.165, 1.54) is 6.42 Å². The molecule has 0 radical (unpaired) electrons. The van der Waals surface area contributed by atoms with Crippen LogP contribution in [0.3, 0.4) is 0 Å². The monoisotopic (exact) mass is 1460 g/mol. The Morgan fingerprint density at radius 3 is 0.922 bits per heavy atom. The summed E-state index contributed by atoms with van der Waals surface area (Å²) >= 11 is 0. The predicted molar refractivity (Wildman–Crippen MR) is 417 cm³/mol. The average Bonchev–Trinajstić information content (AvgIpc) is 0.927. The van der Waals surface area contributed by atoms with Gasteiger partial charge in [0.2, 0.25) is 0 Å². The van der Waals surface area contributed by atoms with Crippen LogP contribution in [0.4, 0.5) is 0 Å². The van der Waals surface area contributed by atoms with Crippen molar-refractivity contribution in [3.8, 4) is 0 Å². The topological polar surface area (TPSA) is 237 Å². The molecule has 0 aromatic carbocycles. The fourth-order valence-corrected chi connectivity index (χ4v) is 10.8. The van der Waals surface area contributed by atoms with E-state index in [1.54, 1.807) is 6.08 Å². The molecule has 0 saturated carbocycles. The molecule has 0 spiro atoms. The fraction of sp³-hybridized carbons (Fsp3) is 0.590. The van der Waals surface area contributed by atoms with Crippen molar-refractivity contribution < 1.29 is 80.2 Å². The highest BCUT2D eigenvalue weighted by Gasteiger charge is 2.30. The second-order valence-electron chi connectivity index (χ2n) is 24.5. The van der Waals surface area contributed by atoms with E-state index in [9.17, 15) is 43.2 Å². The molecular weight excluding hydrogens is 1330 g/mol. The third-order valence-electron chi connectivity index (χ3n) is 14.9. The van der Waals surface area contributed by atoms with Crippen LogP contribution in [0.1, 0.15) is 259 Å². The number of unbranched alkanes of at least 4 members (excludes halogenated alkanes) is 14. The number of hydrogen-bond acceptors (Lipinski definition) is 15. The van der Waals surface area contributed by atoms with Crippen LogP contribution in [0, 0.1) is 0 Å². The van der Waals surface area contributed by atoms with Crippen LogP contribution in [-0.2, 0) is 65.4 Å². The third-order valence-corrected chi connectivity index (χ3v) is 16.8. The van der Waals surface area contributed by atoms with E-state index in [1.807, 2.05) is 30.4 Å². The summed E-state index contributed by atoms with van der Waals surface area (Å²) in [6.45, 7) is 4.24. The van der Waals surface area contributed by atoms with Crippen molar-refractivity contribution in [1.82, 2.24) is 0 Å². The second kappa shape index (κ2) is 73.5. The molecule has 0 rings (SSSR count). The number of phosphoric acid groups is 2. The van der Waals surface area contributed by atoms with E-state index in [0.29, 0.717) is 32.1 Å². The van der Waals surface area contributed by atoms with Crippen molar-refractivity contribution in [2.75, 3.05) is 39.6 Å². The molecule has 0 aliphatic rings. The van der Waals surface area contributed by atoms with Gasteiger partial charge in [0.15, 0.2) is 12.2 Å². The lowest BCUT2D eigenvalue weighted by Gasteiger charge is -2.21. The van der Waals surface area contributed by atoms with Gasteiger partial charge in [0.1, 0.15) is 19.3 Å². The highest BCUT2D eigenvalue weighted by atomic mass is 31.2. The highest BCUT2D eigenvalue weighted by molar-refractivity contribution is 7.47. The number of ether oxygens (including phenoxy) is 4. The molecule has 19 heteroatoms. The molecule has 17 nitrogen and oxygen atoms in total. The summed E-state index contributed by atoms with van der Waals surface area (Å²) < 4.78 is 68.2. The van der Waals surface area contributed by atoms with Crippen LogP contribution in [0.2, 0.25) is 0 Å². The minimum Gasteiger partial charge on any atom is -0.462 e. The molecule has 3 N–H and O–H groups in total. The van der Waals surface area contributed by atoms with E-state index in [2.05, 4.69) is 174 Å². The Morgan fingerprint density at radius 1 is 0.294 bits per heavy atom. The zero-order chi connectivity index (χ0) is 74.6. The van der Waals surface area contributed by atoms with Gasteiger partial charge in [-0.2, -0.15) is 0 Å². The minimum atomic E-state index is -5.01. The molecule has 0 aliphatic heterocycles. The van der Waals surface area contributed by atoms with Crippen molar-refractivity contribution in [3.05, 3.63) is 182 Å². The largest absolute Gasteiger partial charge is 0.472 e. The maximum atomic E-state index is 13.1. The maximum absolute atomic E-state index is 13.1. The lowest BCUT2D eigenvalue weighted by molar-refractivity contribution is -0.161. The molecule has 0 fully saturated rings. The normalized spacial score (nSPS) is 14.9. The number of hydrogen-bond donors (Lipinski definition) is 3. The number of carbonyl (C=O) groups is 4. The SMILES string of the molecule is CC/C=C\C/C=C\C/C=C\C/C=C\C/C=C\CCCC(=O)OC(COC(=O)CCCCCCCC/C=C\C/C=C\C/C=C\C/C=C\CC)COP(=O)(O)OCC(O)COP(=O)(O)OCC(COC(=O)C/C=C\C/C=C\C/C=C\C/C=C\C/C=C\CC)OC(=O)CCCCCCC/C=C\CCCC. The van der Waals surface area contributed by atoms with Crippen LogP contribution in [-0.4, -0.2) is 96.7 Å². The van der Waals surface area contributed by atoms with Gasteiger partial charge in [-0.25, -0.2) is 9.13 Å². The lowest BCUT2D eigenvalue weighted by atomic mass is 10.1. The van der Waals surface area contributed by atoms with Crippen molar-refractivity contribution >= 4 is 39.5 Å². The minimum absolute atomic E-state index is 0.00380. The molecule has 0 saturated heterocycles. The number of rotatable bonds is 69. The molecular formula is C83H132O17P2. The van der Waals surface area contributed by atoms with Crippen molar-refractivity contribution in [2.24, 2.45) is 0 Å². The first-order valence-corrected chi connectivity index (χ1v) is 41.0. The molecule has 0 bridgehead atoms. The first-order chi connectivity index (χ1) is 49.7. The third kappa shape index (κ3) is 72.5. The Kier molecular flexibility index (Phi) is 69.3. The molecule has 0 heterocycles. The first-order valence-electron chi connectivity index (χ1n) is 38.0.